The number of esters is 1. The Morgan fingerprint density at radius 2 is 1.58 bits per heavy atom. The topological polar surface area (TPSA) is 64.0 Å². The van der Waals surface area contributed by atoms with Crippen molar-refractivity contribution in [2.24, 2.45) is 0 Å². The molecule has 2 aromatic heterocycles. The summed E-state index contributed by atoms with van der Waals surface area (Å²) in [6, 6.07) is 18.0. The summed E-state index contributed by atoms with van der Waals surface area (Å²) in [6.45, 7) is 7.99. The van der Waals surface area contributed by atoms with Crippen LogP contribution >= 0.6 is 11.3 Å². The largest absolute Gasteiger partial charge is 0.494 e. The molecule has 0 atom stereocenters. The van der Waals surface area contributed by atoms with Crippen LogP contribution in [0, 0.1) is 0 Å². The molecule has 0 aliphatic carbocycles. The number of thiophene rings is 1. The molecule has 0 amide bonds. The zero-order chi connectivity index (χ0) is 36.2. The van der Waals surface area contributed by atoms with Crippen LogP contribution in [0.4, 0.5) is 5.69 Å². The fraction of sp³-hybridized carbons (Fsp3) is 0.455. The Morgan fingerprint density at radius 1 is 0.808 bits per heavy atom. The Balaban J connectivity index is 0.946. The first-order valence-electron chi connectivity index (χ1n) is 19.4. The molecule has 3 heterocycles. The molecule has 0 N–H and O–H groups in total. The summed E-state index contributed by atoms with van der Waals surface area (Å²) in [5.74, 6) is 0.455. The lowest BCUT2D eigenvalue weighted by atomic mass is 10.1. The number of nitrogens with zero attached hydrogens (tertiary/aromatic N) is 3. The number of rotatable bonds is 22. The van der Waals surface area contributed by atoms with E-state index in [4.69, 9.17) is 9.47 Å². The maximum absolute atomic E-state index is 12.8. The van der Waals surface area contributed by atoms with Crippen LogP contribution in [0.1, 0.15) is 84.0 Å². The molecule has 0 unspecified atom stereocenters. The summed E-state index contributed by atoms with van der Waals surface area (Å²) in [6.07, 6.45) is 25.2. The number of aromatic nitrogens is 1. The van der Waals surface area contributed by atoms with Crippen LogP contribution in [0.25, 0.3) is 21.0 Å². The molecule has 4 aromatic rings. The first kappa shape index (κ1) is 39.1. The third kappa shape index (κ3) is 12.5. The van der Waals surface area contributed by atoms with E-state index in [2.05, 4.69) is 82.8 Å². The van der Waals surface area contributed by atoms with E-state index in [0.717, 1.165) is 102 Å². The smallest absolute Gasteiger partial charge is 0.307 e. The van der Waals surface area contributed by atoms with Gasteiger partial charge in [-0.25, -0.2) is 0 Å². The maximum atomic E-state index is 12.8. The second-order valence-corrected chi connectivity index (χ2v) is 14.5. The summed E-state index contributed by atoms with van der Waals surface area (Å²) in [7, 11) is 0. The third-order valence-corrected chi connectivity index (χ3v) is 10.6. The monoisotopic (exact) mass is 723 g/mol. The summed E-state index contributed by atoms with van der Waals surface area (Å²) >= 11 is 1.81. The fourth-order valence-electron chi connectivity index (χ4n) is 6.68. The second-order valence-electron chi connectivity index (χ2n) is 13.6. The van der Waals surface area contributed by atoms with Crippen molar-refractivity contribution in [1.82, 2.24) is 9.47 Å². The average molecular weight is 724 g/mol. The minimum absolute atomic E-state index is 0.0922. The molecule has 1 aliphatic heterocycles. The van der Waals surface area contributed by atoms with Gasteiger partial charge in [0, 0.05) is 60.5 Å². The summed E-state index contributed by atoms with van der Waals surface area (Å²) in [5, 5.41) is 4.45. The highest BCUT2D eigenvalue weighted by Gasteiger charge is 2.18. The SMILES string of the molecule is CCC=CCC=CCC=CCCCCCCCC(=O)OCn1c(=O)ccc2ccc(OCCCCN3CCN(c4cccc5sccc45)CC3)cc21. The van der Waals surface area contributed by atoms with Crippen LogP contribution in [0.3, 0.4) is 0 Å². The molecule has 278 valence electrons. The van der Waals surface area contributed by atoms with Crippen molar-refractivity contribution in [3.05, 3.63) is 107 Å². The number of allylic oxidation sites excluding steroid dienone is 6. The van der Waals surface area contributed by atoms with Crippen LogP contribution < -0.4 is 15.2 Å². The lowest BCUT2D eigenvalue weighted by molar-refractivity contribution is -0.147. The van der Waals surface area contributed by atoms with Gasteiger partial charge in [0.15, 0.2) is 6.73 Å². The van der Waals surface area contributed by atoms with Crippen LogP contribution in [-0.4, -0.2) is 54.8 Å². The Kier molecular flexibility index (Phi) is 16.6. The van der Waals surface area contributed by atoms with E-state index in [9.17, 15) is 9.59 Å². The summed E-state index contributed by atoms with van der Waals surface area (Å²) in [5.41, 5.74) is 1.87. The number of pyridine rings is 1. The van der Waals surface area contributed by atoms with Gasteiger partial charge in [0.05, 0.1) is 12.1 Å². The molecule has 0 radical (unpaired) electrons. The molecule has 0 spiro atoms. The van der Waals surface area contributed by atoms with Crippen molar-refractivity contribution in [2.75, 3.05) is 44.2 Å². The van der Waals surface area contributed by atoms with E-state index >= 15 is 0 Å². The van der Waals surface area contributed by atoms with Gasteiger partial charge in [0.1, 0.15) is 5.75 Å². The zero-order valence-electron chi connectivity index (χ0n) is 31.1. The van der Waals surface area contributed by atoms with Crippen LogP contribution in [0.5, 0.6) is 5.75 Å². The van der Waals surface area contributed by atoms with Gasteiger partial charge in [-0.2, -0.15) is 0 Å². The normalized spacial score (nSPS) is 14.1. The molecule has 1 fully saturated rings. The van der Waals surface area contributed by atoms with E-state index in [-0.39, 0.29) is 18.3 Å². The highest BCUT2D eigenvalue weighted by atomic mass is 32.1. The van der Waals surface area contributed by atoms with Crippen molar-refractivity contribution in [3.63, 3.8) is 0 Å². The summed E-state index contributed by atoms with van der Waals surface area (Å²) in [4.78, 5) is 30.4. The van der Waals surface area contributed by atoms with Crippen LogP contribution in [0.2, 0.25) is 0 Å². The number of anilines is 1. The van der Waals surface area contributed by atoms with Gasteiger partial charge >= 0.3 is 5.97 Å². The van der Waals surface area contributed by atoms with E-state index in [1.807, 2.05) is 29.5 Å². The number of hydrogen-bond acceptors (Lipinski definition) is 7. The molecule has 1 aliphatic rings. The number of fused-ring (bicyclic) bond motifs is 2. The van der Waals surface area contributed by atoms with Crippen molar-refractivity contribution >= 4 is 44.0 Å². The van der Waals surface area contributed by atoms with Crippen LogP contribution in [0.15, 0.2) is 101 Å². The Bertz CT molecular complexity index is 1820. The van der Waals surface area contributed by atoms with Crippen molar-refractivity contribution < 1.29 is 14.3 Å². The molecule has 5 rings (SSSR count). The predicted molar refractivity (Wildman–Crippen MR) is 219 cm³/mol. The van der Waals surface area contributed by atoms with Gasteiger partial charge in [0.2, 0.25) is 0 Å². The highest BCUT2D eigenvalue weighted by molar-refractivity contribution is 7.17. The van der Waals surface area contributed by atoms with E-state index in [0.29, 0.717) is 18.5 Å². The standard InChI is InChI=1S/C44H57N3O4S/c1-2-3-4-5-6-7-8-9-10-11-12-13-14-15-16-22-44(49)51-36-47-41-35-38(25-23-37(41)24-26-43(47)48)50-33-18-17-28-45-29-31-46(32-30-45)40-20-19-21-42-39(40)27-34-52-42/h3-4,6-7,9-10,19-21,23-27,34-35H,2,5,8,11-18,22,28-33,36H2,1H3. The number of ether oxygens (including phenoxy) is 2. The fourth-order valence-corrected chi connectivity index (χ4v) is 7.49. The number of unbranched alkanes of at least 4 members (excludes halogenated alkanes) is 6. The minimum Gasteiger partial charge on any atom is -0.494 e. The van der Waals surface area contributed by atoms with Gasteiger partial charge < -0.3 is 14.4 Å². The predicted octanol–water partition coefficient (Wildman–Crippen LogP) is 10.3. The lowest BCUT2D eigenvalue weighted by Gasteiger charge is -2.36. The number of carbonyl (C=O) groups excluding carboxylic acids is 1. The van der Waals surface area contributed by atoms with E-state index in [1.165, 1.54) is 39.2 Å². The Hall–Kier alpha value is -4.14. The number of hydrogen-bond donors (Lipinski definition) is 0. The minimum atomic E-state index is -0.265. The van der Waals surface area contributed by atoms with E-state index in [1.54, 1.807) is 6.07 Å². The number of carbonyl (C=O) groups is 1. The van der Waals surface area contributed by atoms with Crippen LogP contribution in [-0.2, 0) is 16.3 Å². The van der Waals surface area contributed by atoms with Gasteiger partial charge in [-0.1, -0.05) is 68.7 Å². The first-order chi connectivity index (χ1) is 25.6. The molecule has 52 heavy (non-hydrogen) atoms. The molecule has 1 saturated heterocycles. The quantitative estimate of drug-likeness (QED) is 0.0457. The van der Waals surface area contributed by atoms with E-state index < -0.39 is 0 Å². The second kappa shape index (κ2) is 22.0. The van der Waals surface area contributed by atoms with Crippen molar-refractivity contribution in [3.8, 4) is 5.75 Å². The highest BCUT2D eigenvalue weighted by Crippen LogP contribution is 2.31. The number of piperazine rings is 1. The molecular weight excluding hydrogens is 667 g/mol. The Labute approximate surface area is 314 Å². The molecule has 0 bridgehead atoms. The molecular formula is C44H57N3O4S. The van der Waals surface area contributed by atoms with Gasteiger partial charge in [-0.05, 0) is 105 Å². The Morgan fingerprint density at radius 3 is 2.42 bits per heavy atom. The van der Waals surface area contributed by atoms with Gasteiger partial charge in [-0.15, -0.1) is 11.3 Å². The molecule has 2 aromatic carbocycles. The van der Waals surface area contributed by atoms with Gasteiger partial charge in [0.25, 0.3) is 5.56 Å². The molecule has 0 saturated carbocycles. The zero-order valence-corrected chi connectivity index (χ0v) is 31.9. The van der Waals surface area contributed by atoms with Gasteiger partial charge in [-0.3, -0.25) is 19.1 Å². The number of benzene rings is 2. The maximum Gasteiger partial charge on any atom is 0.307 e. The lowest BCUT2D eigenvalue weighted by Crippen LogP contribution is -2.46. The third-order valence-electron chi connectivity index (χ3n) is 9.67. The average Bonchev–Trinajstić information content (AvgIpc) is 3.66. The summed E-state index contributed by atoms with van der Waals surface area (Å²) < 4.78 is 14.5. The molecule has 8 heteroatoms. The van der Waals surface area contributed by atoms with Crippen molar-refractivity contribution in [1.29, 1.82) is 0 Å². The van der Waals surface area contributed by atoms with Crippen molar-refractivity contribution in [2.45, 2.75) is 90.7 Å². The first-order valence-corrected chi connectivity index (χ1v) is 20.3. The molecule has 7 nitrogen and oxygen atoms in total.